The van der Waals surface area contributed by atoms with Gasteiger partial charge in [-0.25, -0.2) is 0 Å². The third-order valence-electron chi connectivity index (χ3n) is 2.65. The average Bonchev–Trinajstić information content (AvgIpc) is 2.40. The molecular weight excluding hydrogens is 544 g/mol. The van der Waals surface area contributed by atoms with Gasteiger partial charge in [0.25, 0.3) is 0 Å². The third kappa shape index (κ3) is 13.9. The molecule has 0 heterocycles. The SMILES string of the molecule is C[SiH](C)O[Si](O[SiH](C)C)(O[SiH](C)C)O[P+](=O)O[Si](O[SiH](C)C)(O[SiH](C)C)O[SiH](C)C. The van der Waals surface area contributed by atoms with Crippen LogP contribution in [0.3, 0.4) is 0 Å². The molecule has 0 aromatic rings. The highest BCUT2D eigenvalue weighted by Crippen LogP contribution is 2.37. The van der Waals surface area contributed by atoms with Gasteiger partial charge in [-0.1, -0.05) is 8.43 Å². The largest absolute Gasteiger partial charge is 0.697 e. The Morgan fingerprint density at radius 1 is 0.433 bits per heavy atom. The van der Waals surface area contributed by atoms with E-state index in [4.69, 9.17) is 33.1 Å². The summed E-state index contributed by atoms with van der Waals surface area (Å²) in [6.45, 7) is 24.0. The van der Waals surface area contributed by atoms with E-state index in [-0.39, 0.29) is 0 Å². The minimum Gasteiger partial charge on any atom is -0.396 e. The Labute approximate surface area is 196 Å². The normalized spacial score (nSPS) is 13.7. The lowest BCUT2D eigenvalue weighted by Gasteiger charge is -2.30. The molecule has 9 nitrogen and oxygen atoms in total. The van der Waals surface area contributed by atoms with Gasteiger partial charge in [-0.3, -0.25) is 0 Å². The highest BCUT2D eigenvalue weighted by molar-refractivity contribution is 7.37. The molecule has 0 N–H and O–H groups in total. The number of hydrogen-bond donors (Lipinski definition) is 0. The first-order valence-electron chi connectivity index (χ1n) is 10.5. The maximum Gasteiger partial charge on any atom is 0.697 e. The van der Waals surface area contributed by atoms with E-state index in [1.165, 1.54) is 0 Å². The van der Waals surface area contributed by atoms with Crippen LogP contribution in [0.2, 0.25) is 78.6 Å². The Kier molecular flexibility index (Phi) is 15.4. The van der Waals surface area contributed by atoms with Crippen LogP contribution in [0.25, 0.3) is 0 Å². The summed E-state index contributed by atoms with van der Waals surface area (Å²) in [5, 5.41) is 0. The molecule has 0 atom stereocenters. The monoisotopic (exact) mass is 585 g/mol. The summed E-state index contributed by atoms with van der Waals surface area (Å²) >= 11 is 0. The predicted molar refractivity (Wildman–Crippen MR) is 141 cm³/mol. The van der Waals surface area contributed by atoms with E-state index in [1.807, 2.05) is 78.6 Å². The van der Waals surface area contributed by atoms with Crippen molar-refractivity contribution in [3.8, 4) is 0 Å². The van der Waals surface area contributed by atoms with Crippen molar-refractivity contribution >= 4 is 80.6 Å². The van der Waals surface area contributed by atoms with Crippen LogP contribution < -0.4 is 0 Å². The Morgan fingerprint density at radius 3 is 0.733 bits per heavy atom. The summed E-state index contributed by atoms with van der Waals surface area (Å²) in [5.74, 6) is 0. The van der Waals surface area contributed by atoms with Crippen LogP contribution in [0.1, 0.15) is 0 Å². The van der Waals surface area contributed by atoms with E-state index in [0.717, 1.165) is 0 Å². The smallest absolute Gasteiger partial charge is 0.396 e. The fourth-order valence-corrected chi connectivity index (χ4v) is 25.7. The van der Waals surface area contributed by atoms with Gasteiger partial charge in [-0.15, -0.1) is 0 Å². The van der Waals surface area contributed by atoms with E-state index in [2.05, 4.69) is 0 Å². The van der Waals surface area contributed by atoms with E-state index in [0.29, 0.717) is 0 Å². The molecule has 0 fully saturated rings. The molecule has 0 aliphatic heterocycles. The van der Waals surface area contributed by atoms with Gasteiger partial charge in [0.1, 0.15) is 0 Å². The topological polar surface area (TPSA) is 90.9 Å². The molecule has 30 heavy (non-hydrogen) atoms. The molecule has 0 saturated heterocycles. The van der Waals surface area contributed by atoms with Crippen LogP contribution in [0.5, 0.6) is 0 Å². The van der Waals surface area contributed by atoms with Gasteiger partial charge in [0, 0.05) is 4.57 Å². The van der Waals surface area contributed by atoms with E-state index in [1.54, 1.807) is 0 Å². The van der Waals surface area contributed by atoms with Gasteiger partial charge in [0.2, 0.25) is 0 Å². The Hall–Kier alpha value is 1.52. The van der Waals surface area contributed by atoms with Crippen molar-refractivity contribution < 1.29 is 37.7 Å². The van der Waals surface area contributed by atoms with Crippen LogP contribution in [-0.4, -0.2) is 72.3 Å². The van der Waals surface area contributed by atoms with E-state index >= 15 is 0 Å². The molecule has 0 radical (unpaired) electrons. The highest BCUT2D eigenvalue weighted by Gasteiger charge is 2.62. The second kappa shape index (κ2) is 14.7. The van der Waals surface area contributed by atoms with Gasteiger partial charge in [0.05, 0.1) is 0 Å². The van der Waals surface area contributed by atoms with Crippen molar-refractivity contribution in [2.45, 2.75) is 78.6 Å². The van der Waals surface area contributed by atoms with Crippen LogP contribution >= 0.6 is 8.25 Å². The standard InChI is InChI=1S/C12H42O9PSi8/c1-23(2)16-29(17-24(3)4,18-25(5)6)14-22(13)15-30(19-26(7)8,20-27(9)10)21-28(11)12/h23-28H,1-12H3/q+1. The second-order valence-corrected chi connectivity index (χ2v) is 30.6. The van der Waals surface area contributed by atoms with Crippen LogP contribution in [0.15, 0.2) is 0 Å². The maximum absolute atomic E-state index is 13.1. The lowest BCUT2D eigenvalue weighted by Crippen LogP contribution is -2.56. The van der Waals surface area contributed by atoms with E-state index in [9.17, 15) is 4.57 Å². The molecular formula is C12H42O9PSi8+. The van der Waals surface area contributed by atoms with Gasteiger partial charge in [-0.2, -0.15) is 0 Å². The van der Waals surface area contributed by atoms with Crippen molar-refractivity contribution in [3.05, 3.63) is 0 Å². The Morgan fingerprint density at radius 2 is 0.600 bits per heavy atom. The Balaban J connectivity index is 5.86. The molecule has 0 amide bonds. The fourth-order valence-electron chi connectivity index (χ4n) is 2.23. The lowest BCUT2D eigenvalue weighted by atomic mass is 11.9. The van der Waals surface area contributed by atoms with Crippen molar-refractivity contribution in [2.24, 2.45) is 0 Å². The van der Waals surface area contributed by atoms with E-state index < -0.39 is 80.6 Å². The molecule has 0 aromatic carbocycles. The zero-order valence-corrected chi connectivity index (χ0v) is 30.4. The van der Waals surface area contributed by atoms with Gasteiger partial charge in [0.15, 0.2) is 54.2 Å². The molecule has 0 aromatic heterocycles. The molecule has 0 aliphatic rings. The molecule has 0 unspecified atom stereocenters. The lowest BCUT2D eigenvalue weighted by molar-refractivity contribution is 0.134. The average molecular weight is 586 g/mol. The van der Waals surface area contributed by atoms with Crippen molar-refractivity contribution in [2.75, 3.05) is 0 Å². The fraction of sp³-hybridized carbons (Fsp3) is 1.00. The minimum absolute atomic E-state index is 1.61. The molecule has 0 rings (SSSR count). The van der Waals surface area contributed by atoms with Crippen molar-refractivity contribution in [3.63, 3.8) is 0 Å². The summed E-state index contributed by atoms with van der Waals surface area (Å²) in [4.78, 5) is 0. The highest BCUT2D eigenvalue weighted by atomic mass is 31.1. The summed E-state index contributed by atoms with van der Waals surface area (Å²) in [7, 11) is -19.5. The molecule has 0 saturated carbocycles. The first-order valence-corrected chi connectivity index (χ1v) is 31.6. The molecule has 0 spiro atoms. The number of hydrogen-bond acceptors (Lipinski definition) is 9. The van der Waals surface area contributed by atoms with Crippen LogP contribution in [0, 0.1) is 0 Å². The first-order chi connectivity index (χ1) is 13.6. The predicted octanol–water partition coefficient (Wildman–Crippen LogP) is 2.55. The van der Waals surface area contributed by atoms with Gasteiger partial charge >= 0.3 is 26.4 Å². The quantitative estimate of drug-likeness (QED) is 0.200. The minimum atomic E-state index is -3.60. The van der Waals surface area contributed by atoms with Gasteiger partial charge < -0.3 is 24.7 Å². The summed E-state index contributed by atoms with van der Waals surface area (Å²) in [5.41, 5.74) is 0. The van der Waals surface area contributed by atoms with Crippen molar-refractivity contribution in [1.82, 2.24) is 0 Å². The molecule has 180 valence electrons. The van der Waals surface area contributed by atoms with Crippen LogP contribution in [0.4, 0.5) is 0 Å². The first kappa shape index (κ1) is 31.5. The second-order valence-electron chi connectivity index (χ2n) is 8.41. The zero-order valence-electron chi connectivity index (χ0n) is 20.6. The van der Waals surface area contributed by atoms with Crippen molar-refractivity contribution in [1.29, 1.82) is 0 Å². The van der Waals surface area contributed by atoms with Crippen LogP contribution in [-0.2, 0) is 37.7 Å². The summed E-state index contributed by atoms with van der Waals surface area (Å²) in [6.07, 6.45) is 0. The van der Waals surface area contributed by atoms with Gasteiger partial charge in [-0.05, 0) is 78.6 Å². The molecule has 0 aliphatic carbocycles. The summed E-state index contributed by atoms with van der Waals surface area (Å²) < 4.78 is 61.6. The third-order valence-corrected chi connectivity index (χ3v) is 23.9. The Bertz CT molecular complexity index is 417. The number of rotatable bonds is 16. The molecule has 0 bridgehead atoms. The maximum atomic E-state index is 13.1. The summed E-state index contributed by atoms with van der Waals surface area (Å²) in [6, 6.07) is 0. The zero-order chi connectivity index (χ0) is 23.7. The molecule has 18 heteroatoms.